The summed E-state index contributed by atoms with van der Waals surface area (Å²) < 4.78 is 25.5. The van der Waals surface area contributed by atoms with Gasteiger partial charge < -0.3 is 14.8 Å². The number of hydrogen-bond acceptors (Lipinski definition) is 4. The van der Waals surface area contributed by atoms with Gasteiger partial charge in [-0.2, -0.15) is 5.26 Å². The lowest BCUT2D eigenvalue weighted by Gasteiger charge is -2.09. The summed E-state index contributed by atoms with van der Waals surface area (Å²) in [5, 5.41) is 12.2. The molecule has 1 amide bonds. The lowest BCUT2D eigenvalue weighted by molar-refractivity contribution is -0.112. The number of anilines is 1. The molecule has 0 radical (unpaired) electrons. The van der Waals surface area contributed by atoms with Crippen LogP contribution in [0.25, 0.3) is 6.08 Å². The van der Waals surface area contributed by atoms with E-state index in [-0.39, 0.29) is 11.4 Å². The molecule has 0 aliphatic carbocycles. The van der Waals surface area contributed by atoms with Crippen LogP contribution in [0.15, 0.2) is 107 Å². The number of halogens is 2. The predicted octanol–water partition coefficient (Wildman–Crippen LogP) is 7.29. The van der Waals surface area contributed by atoms with Crippen LogP contribution in [-0.4, -0.2) is 5.91 Å². The monoisotopic (exact) mass is 556 g/mol. The molecule has 184 valence electrons. The maximum absolute atomic E-state index is 13.0. The molecular weight excluding hydrogens is 535 g/mol. The third-order valence-corrected chi connectivity index (χ3v) is 5.83. The van der Waals surface area contributed by atoms with E-state index in [0.29, 0.717) is 36.0 Å². The fourth-order valence-corrected chi connectivity index (χ4v) is 3.57. The van der Waals surface area contributed by atoms with E-state index in [1.54, 1.807) is 60.7 Å². The molecule has 0 aromatic heterocycles. The smallest absolute Gasteiger partial charge is 0.266 e. The minimum Gasteiger partial charge on any atom is -0.489 e. The Hall–Kier alpha value is -4.41. The van der Waals surface area contributed by atoms with Crippen LogP contribution in [-0.2, 0) is 18.0 Å². The highest BCUT2D eigenvalue weighted by Gasteiger charge is 2.10. The zero-order valence-electron chi connectivity index (χ0n) is 19.7. The molecule has 0 saturated heterocycles. The van der Waals surface area contributed by atoms with Crippen LogP contribution in [0, 0.1) is 17.1 Å². The topological polar surface area (TPSA) is 71.3 Å². The first-order valence-electron chi connectivity index (χ1n) is 11.4. The second kappa shape index (κ2) is 12.5. The standard InChI is InChI=1S/C30H22BrFN2O3/c31-25-7-1-22(2-8-25)19-37-29-15-11-27(12-16-29)34-30(35)24(18-33)17-21-5-13-28(14-6-21)36-20-23-3-9-26(32)10-4-23/h1-17H,19-20H2,(H,34,35)/b24-17+. The van der Waals surface area contributed by atoms with E-state index in [1.165, 1.54) is 18.2 Å². The highest BCUT2D eigenvalue weighted by molar-refractivity contribution is 9.10. The number of nitrogens with one attached hydrogen (secondary N) is 1. The molecule has 1 N–H and O–H groups in total. The Morgan fingerprint density at radius 2 is 1.32 bits per heavy atom. The van der Waals surface area contributed by atoms with Gasteiger partial charge in [0.1, 0.15) is 42.2 Å². The maximum Gasteiger partial charge on any atom is 0.266 e. The summed E-state index contributed by atoms with van der Waals surface area (Å²) >= 11 is 3.41. The van der Waals surface area contributed by atoms with Gasteiger partial charge in [-0.1, -0.05) is 52.3 Å². The van der Waals surface area contributed by atoms with Gasteiger partial charge in [0.2, 0.25) is 0 Å². The van der Waals surface area contributed by atoms with Crippen LogP contribution in [0.1, 0.15) is 16.7 Å². The van der Waals surface area contributed by atoms with Crippen molar-refractivity contribution in [3.63, 3.8) is 0 Å². The number of ether oxygens (including phenoxy) is 2. The molecule has 4 aromatic rings. The molecule has 0 bridgehead atoms. The van der Waals surface area contributed by atoms with Gasteiger partial charge in [0.05, 0.1) is 0 Å². The summed E-state index contributed by atoms with van der Waals surface area (Å²) in [7, 11) is 0. The van der Waals surface area contributed by atoms with E-state index in [0.717, 1.165) is 15.6 Å². The largest absolute Gasteiger partial charge is 0.489 e. The molecular formula is C30H22BrFN2O3. The van der Waals surface area contributed by atoms with Crippen LogP contribution in [0.5, 0.6) is 11.5 Å². The number of amides is 1. The van der Waals surface area contributed by atoms with Gasteiger partial charge in [0.15, 0.2) is 0 Å². The Morgan fingerprint density at radius 3 is 1.86 bits per heavy atom. The van der Waals surface area contributed by atoms with Gasteiger partial charge in [-0.25, -0.2) is 4.39 Å². The molecule has 0 atom stereocenters. The van der Waals surface area contributed by atoms with Crippen molar-refractivity contribution >= 4 is 33.6 Å². The normalized spacial score (nSPS) is 10.9. The van der Waals surface area contributed by atoms with Crippen molar-refractivity contribution < 1.29 is 18.7 Å². The molecule has 0 spiro atoms. The van der Waals surface area contributed by atoms with Gasteiger partial charge in [-0.15, -0.1) is 0 Å². The van der Waals surface area contributed by atoms with Crippen LogP contribution < -0.4 is 14.8 Å². The first-order valence-corrected chi connectivity index (χ1v) is 12.2. The van der Waals surface area contributed by atoms with Crippen LogP contribution in [0.4, 0.5) is 10.1 Å². The zero-order valence-corrected chi connectivity index (χ0v) is 21.2. The molecule has 0 fully saturated rings. The second-order valence-corrected chi connectivity index (χ2v) is 8.96. The van der Waals surface area contributed by atoms with Crippen molar-refractivity contribution in [1.82, 2.24) is 0 Å². The molecule has 5 nitrogen and oxygen atoms in total. The third kappa shape index (κ3) is 7.79. The van der Waals surface area contributed by atoms with E-state index >= 15 is 0 Å². The Bertz CT molecular complexity index is 1410. The number of nitriles is 1. The number of nitrogens with zero attached hydrogens (tertiary/aromatic N) is 1. The summed E-state index contributed by atoms with van der Waals surface area (Å²) in [6.07, 6.45) is 1.51. The highest BCUT2D eigenvalue weighted by Crippen LogP contribution is 2.20. The molecule has 0 heterocycles. The summed E-state index contributed by atoms with van der Waals surface area (Å²) in [5.74, 6) is 0.476. The van der Waals surface area contributed by atoms with E-state index in [4.69, 9.17) is 9.47 Å². The predicted molar refractivity (Wildman–Crippen MR) is 144 cm³/mol. The molecule has 0 aliphatic heterocycles. The summed E-state index contributed by atoms with van der Waals surface area (Å²) in [4.78, 5) is 12.6. The molecule has 4 aromatic carbocycles. The van der Waals surface area contributed by atoms with Crippen molar-refractivity contribution in [2.24, 2.45) is 0 Å². The fraction of sp³-hybridized carbons (Fsp3) is 0.0667. The zero-order chi connectivity index (χ0) is 26.0. The first kappa shape index (κ1) is 25.7. The number of hydrogen-bond donors (Lipinski definition) is 1. The Morgan fingerprint density at radius 1 is 0.811 bits per heavy atom. The van der Waals surface area contributed by atoms with E-state index < -0.39 is 5.91 Å². The Labute approximate surface area is 222 Å². The summed E-state index contributed by atoms with van der Waals surface area (Å²) in [6, 6.07) is 29.8. The number of carbonyl (C=O) groups is 1. The highest BCUT2D eigenvalue weighted by atomic mass is 79.9. The van der Waals surface area contributed by atoms with Crippen LogP contribution >= 0.6 is 15.9 Å². The summed E-state index contributed by atoms with van der Waals surface area (Å²) in [5.41, 5.74) is 3.08. The van der Waals surface area contributed by atoms with Crippen LogP contribution in [0.3, 0.4) is 0 Å². The molecule has 37 heavy (non-hydrogen) atoms. The number of rotatable bonds is 9. The first-order chi connectivity index (χ1) is 18.0. The lowest BCUT2D eigenvalue weighted by Crippen LogP contribution is -2.13. The van der Waals surface area contributed by atoms with Gasteiger partial charge in [-0.3, -0.25) is 4.79 Å². The van der Waals surface area contributed by atoms with Gasteiger partial charge >= 0.3 is 0 Å². The van der Waals surface area contributed by atoms with Crippen molar-refractivity contribution in [3.05, 3.63) is 130 Å². The average molecular weight is 557 g/mol. The van der Waals surface area contributed by atoms with E-state index in [9.17, 15) is 14.4 Å². The average Bonchev–Trinajstić information content (AvgIpc) is 2.92. The molecule has 7 heteroatoms. The molecule has 4 rings (SSSR count). The number of benzene rings is 4. The fourth-order valence-electron chi connectivity index (χ4n) is 3.30. The minimum absolute atomic E-state index is 0.0319. The van der Waals surface area contributed by atoms with Crippen molar-refractivity contribution in [2.45, 2.75) is 13.2 Å². The third-order valence-electron chi connectivity index (χ3n) is 5.31. The van der Waals surface area contributed by atoms with Crippen molar-refractivity contribution in [2.75, 3.05) is 5.32 Å². The molecule has 0 unspecified atom stereocenters. The Kier molecular flexibility index (Phi) is 8.69. The summed E-state index contributed by atoms with van der Waals surface area (Å²) in [6.45, 7) is 0.728. The molecule has 0 aliphatic rings. The SMILES string of the molecule is N#C/C(=C\c1ccc(OCc2ccc(F)cc2)cc1)C(=O)Nc1ccc(OCc2ccc(Br)cc2)cc1. The number of carbonyl (C=O) groups excluding carboxylic acids is 1. The van der Waals surface area contributed by atoms with Gasteiger partial charge in [0.25, 0.3) is 5.91 Å². The second-order valence-electron chi connectivity index (χ2n) is 8.05. The quantitative estimate of drug-likeness (QED) is 0.173. The van der Waals surface area contributed by atoms with E-state index in [1.807, 2.05) is 30.3 Å². The van der Waals surface area contributed by atoms with E-state index in [2.05, 4.69) is 21.2 Å². The lowest BCUT2D eigenvalue weighted by atomic mass is 10.1. The maximum atomic E-state index is 13.0. The van der Waals surface area contributed by atoms with Crippen molar-refractivity contribution in [3.8, 4) is 17.6 Å². The Balaban J connectivity index is 1.31. The van der Waals surface area contributed by atoms with Gasteiger partial charge in [-0.05, 0) is 83.4 Å². The van der Waals surface area contributed by atoms with Crippen molar-refractivity contribution in [1.29, 1.82) is 5.26 Å². The van der Waals surface area contributed by atoms with Gasteiger partial charge in [0, 0.05) is 10.2 Å². The molecule has 0 saturated carbocycles. The minimum atomic E-state index is -0.511. The van der Waals surface area contributed by atoms with Crippen LogP contribution in [0.2, 0.25) is 0 Å².